The van der Waals surface area contributed by atoms with E-state index in [2.05, 4.69) is 56.1 Å². The van der Waals surface area contributed by atoms with Gasteiger partial charge in [0, 0.05) is 6.54 Å². The smallest absolute Gasteiger partial charge is 0.0778 e. The van der Waals surface area contributed by atoms with Crippen LogP contribution in [0.5, 0.6) is 0 Å². The van der Waals surface area contributed by atoms with E-state index < -0.39 is 0 Å². The molecular weight excluding hydrogens is 188 g/mol. The van der Waals surface area contributed by atoms with Crippen LogP contribution in [-0.4, -0.2) is 18.2 Å². The van der Waals surface area contributed by atoms with Crippen LogP contribution in [0.25, 0.3) is 0 Å². The fourth-order valence-electron chi connectivity index (χ4n) is 0.844. The summed E-state index contributed by atoms with van der Waals surface area (Å²) in [6.07, 6.45) is 0. The predicted molar refractivity (Wildman–Crippen MR) is 67.7 cm³/mol. The number of nitrogens with zero attached hydrogens (tertiary/aromatic N) is 1. The Balaban J connectivity index is 0. The molecule has 1 rings (SSSR count). The first-order valence-corrected chi connectivity index (χ1v) is 6.00. The molecule has 1 saturated heterocycles. The van der Waals surface area contributed by atoms with Gasteiger partial charge in [-0.1, -0.05) is 48.5 Å². The molecule has 0 saturated carbocycles. The molecule has 4 heteroatoms. The summed E-state index contributed by atoms with van der Waals surface area (Å²) >= 11 is 0. The molecule has 0 unspecified atom stereocenters. The molecule has 0 aliphatic carbocycles. The van der Waals surface area contributed by atoms with Crippen molar-refractivity contribution in [2.24, 2.45) is 11.8 Å². The van der Waals surface area contributed by atoms with Crippen molar-refractivity contribution in [1.29, 1.82) is 0 Å². The van der Waals surface area contributed by atoms with Crippen molar-refractivity contribution < 1.29 is 0 Å². The van der Waals surface area contributed by atoms with Gasteiger partial charge in [0.25, 0.3) is 0 Å². The molecule has 0 aromatic carbocycles. The normalized spacial score (nSPS) is 15.8. The van der Waals surface area contributed by atoms with Crippen LogP contribution in [0.1, 0.15) is 48.5 Å². The first-order chi connectivity index (χ1) is 7.02. The lowest BCUT2D eigenvalue weighted by Gasteiger charge is -2.14. The summed E-state index contributed by atoms with van der Waals surface area (Å²) in [5.74, 6) is 1.54. The van der Waals surface area contributed by atoms with Crippen LogP contribution < -0.4 is 16.5 Å². The van der Waals surface area contributed by atoms with Gasteiger partial charge in [-0.3, -0.25) is 0 Å². The minimum absolute atomic E-state index is 0.708. The average Bonchev–Trinajstić information content (AvgIpc) is 2.58. The molecule has 1 aliphatic heterocycles. The van der Waals surface area contributed by atoms with Crippen LogP contribution in [0.4, 0.5) is 0 Å². The quantitative estimate of drug-likeness (QED) is 0.664. The largest absolute Gasteiger partial charge is 0.227 e. The van der Waals surface area contributed by atoms with E-state index >= 15 is 0 Å². The number of rotatable bonds is 2. The Labute approximate surface area is 95.7 Å². The second-order valence-electron chi connectivity index (χ2n) is 4.42. The molecule has 3 N–H and O–H groups in total. The molecule has 0 aromatic rings. The summed E-state index contributed by atoms with van der Waals surface area (Å²) in [5, 5.41) is 2.09. The van der Waals surface area contributed by atoms with Gasteiger partial charge in [-0.25, -0.2) is 10.4 Å². The van der Waals surface area contributed by atoms with Gasteiger partial charge >= 0.3 is 0 Å². The van der Waals surface area contributed by atoms with E-state index in [0.29, 0.717) is 5.92 Å². The zero-order valence-electron chi connectivity index (χ0n) is 11.5. The molecule has 0 amide bonds. The molecule has 15 heavy (non-hydrogen) atoms. The number of hydrazine groups is 3. The van der Waals surface area contributed by atoms with Gasteiger partial charge in [-0.2, -0.15) is 11.1 Å². The van der Waals surface area contributed by atoms with Gasteiger partial charge in [0.05, 0.1) is 6.67 Å². The molecule has 4 nitrogen and oxygen atoms in total. The summed E-state index contributed by atoms with van der Waals surface area (Å²) in [6, 6.07) is 0. The van der Waals surface area contributed by atoms with Crippen molar-refractivity contribution in [3.05, 3.63) is 0 Å². The van der Waals surface area contributed by atoms with E-state index in [-0.39, 0.29) is 0 Å². The Kier molecular flexibility index (Phi) is 13.7. The van der Waals surface area contributed by atoms with Crippen molar-refractivity contribution in [1.82, 2.24) is 21.5 Å². The lowest BCUT2D eigenvalue weighted by atomic mass is 10.2. The second kappa shape index (κ2) is 11.9. The van der Waals surface area contributed by atoms with E-state index in [1.165, 1.54) is 0 Å². The highest BCUT2D eigenvalue weighted by atomic mass is 15.9. The Hall–Kier alpha value is -0.160. The molecule has 0 bridgehead atoms. The van der Waals surface area contributed by atoms with E-state index in [1.54, 1.807) is 0 Å². The predicted octanol–water partition coefficient (Wildman–Crippen LogP) is 2.12. The Morgan fingerprint density at radius 2 is 1.53 bits per heavy atom. The zero-order chi connectivity index (χ0) is 12.3. The topological polar surface area (TPSA) is 39.3 Å². The molecule has 94 valence electrons. The molecule has 0 atom stereocenters. The number of hydrogen-bond acceptors (Lipinski definition) is 4. The third kappa shape index (κ3) is 16.5. The van der Waals surface area contributed by atoms with E-state index in [9.17, 15) is 0 Å². The molecule has 1 aliphatic rings. The van der Waals surface area contributed by atoms with Gasteiger partial charge in [0.15, 0.2) is 0 Å². The lowest BCUT2D eigenvalue weighted by Crippen LogP contribution is -2.38. The highest BCUT2D eigenvalue weighted by Crippen LogP contribution is 1.94. The fourth-order valence-corrected chi connectivity index (χ4v) is 0.844. The first kappa shape index (κ1) is 17.2. The number of nitrogens with one attached hydrogen (secondary N) is 3. The van der Waals surface area contributed by atoms with Crippen LogP contribution in [0.3, 0.4) is 0 Å². The van der Waals surface area contributed by atoms with Gasteiger partial charge in [0.2, 0.25) is 0 Å². The highest BCUT2D eigenvalue weighted by molar-refractivity contribution is 4.54. The third-order valence-corrected chi connectivity index (χ3v) is 1.16. The SMILES string of the molecule is CC.CC(C)C.CC(C)CN1CNNN1. The summed E-state index contributed by atoms with van der Waals surface area (Å²) in [7, 11) is 0. The summed E-state index contributed by atoms with van der Waals surface area (Å²) in [6.45, 7) is 16.8. The monoisotopic (exact) mass is 218 g/mol. The van der Waals surface area contributed by atoms with E-state index in [4.69, 9.17) is 0 Å². The van der Waals surface area contributed by atoms with Crippen LogP contribution in [0, 0.1) is 11.8 Å². The maximum absolute atomic E-state index is 2.96. The van der Waals surface area contributed by atoms with Crippen molar-refractivity contribution in [2.45, 2.75) is 48.5 Å². The maximum atomic E-state index is 2.96. The minimum Gasteiger partial charge on any atom is -0.227 e. The van der Waals surface area contributed by atoms with Crippen molar-refractivity contribution in [2.75, 3.05) is 13.2 Å². The van der Waals surface area contributed by atoms with Crippen LogP contribution in [0.15, 0.2) is 0 Å². The van der Waals surface area contributed by atoms with E-state index in [0.717, 1.165) is 19.1 Å². The molecule has 0 aromatic heterocycles. The Morgan fingerprint density at radius 3 is 1.80 bits per heavy atom. The maximum Gasteiger partial charge on any atom is 0.0778 e. The van der Waals surface area contributed by atoms with Crippen LogP contribution in [-0.2, 0) is 0 Å². The van der Waals surface area contributed by atoms with Gasteiger partial charge in [-0.15, -0.1) is 0 Å². The van der Waals surface area contributed by atoms with Crippen molar-refractivity contribution in [3.63, 3.8) is 0 Å². The average molecular weight is 218 g/mol. The van der Waals surface area contributed by atoms with Gasteiger partial charge in [0.1, 0.15) is 0 Å². The first-order valence-electron chi connectivity index (χ1n) is 6.00. The molecular formula is C11H30N4. The summed E-state index contributed by atoms with van der Waals surface area (Å²) < 4.78 is 0. The number of hydrogen-bond donors (Lipinski definition) is 3. The lowest BCUT2D eigenvalue weighted by molar-refractivity contribution is 0.207. The molecule has 0 radical (unpaired) electrons. The molecule has 1 fully saturated rings. The zero-order valence-corrected chi connectivity index (χ0v) is 11.5. The third-order valence-electron chi connectivity index (χ3n) is 1.16. The van der Waals surface area contributed by atoms with Crippen LogP contribution >= 0.6 is 0 Å². The Morgan fingerprint density at radius 1 is 1.07 bits per heavy atom. The Bertz CT molecular complexity index is 106. The minimum atomic E-state index is 0.708. The van der Waals surface area contributed by atoms with Crippen LogP contribution in [0.2, 0.25) is 0 Å². The standard InChI is InChI=1S/C5H14N4.C4H10.C2H6/c1-5(2)3-9-4-6-7-8-9;1-4(2)3;1-2/h5-8H,3-4H2,1-2H3;4H,1-3H3;1-2H3. The van der Waals surface area contributed by atoms with Gasteiger partial charge < -0.3 is 0 Å². The van der Waals surface area contributed by atoms with Crippen molar-refractivity contribution >= 4 is 0 Å². The summed E-state index contributed by atoms with van der Waals surface area (Å²) in [4.78, 5) is 0. The molecule has 1 heterocycles. The molecule has 0 spiro atoms. The van der Waals surface area contributed by atoms with Gasteiger partial charge in [-0.05, 0) is 11.8 Å². The van der Waals surface area contributed by atoms with Crippen molar-refractivity contribution in [3.8, 4) is 0 Å². The highest BCUT2D eigenvalue weighted by Gasteiger charge is 2.09. The van der Waals surface area contributed by atoms with E-state index in [1.807, 2.05) is 13.8 Å². The summed E-state index contributed by atoms with van der Waals surface area (Å²) in [5.41, 5.74) is 8.71. The fraction of sp³-hybridized carbons (Fsp3) is 1.00. The second-order valence-corrected chi connectivity index (χ2v) is 4.42.